The SMILES string of the molecule is O.O=C(O)O.[AlH3].[Cu]. The Kier molecular flexibility index (Phi) is 62.0. The third-order valence-corrected chi connectivity index (χ3v) is 0. The molecule has 49 valence electrons. The van der Waals surface area contributed by atoms with Crippen molar-refractivity contribution in [3.63, 3.8) is 0 Å². The van der Waals surface area contributed by atoms with Crippen molar-refractivity contribution < 1.29 is 37.6 Å². The summed E-state index contributed by atoms with van der Waals surface area (Å²) in [5.74, 6) is 0. The standard InChI is InChI=1S/CH2O3.Al.Cu.H2O.3H/c2-1(3)4;;;;;;/h(H2,2,3,4);;;1H2;;;. The third kappa shape index (κ3) is 1450. The average Bonchev–Trinajstić information content (AvgIpc) is 0.811. The Balaban J connectivity index is -0.0000000150. The summed E-state index contributed by atoms with van der Waals surface area (Å²) in [6.07, 6.45) is -1.83. The molecule has 0 aliphatic heterocycles. The summed E-state index contributed by atoms with van der Waals surface area (Å²) >= 11 is 0. The van der Waals surface area contributed by atoms with E-state index in [1.807, 2.05) is 0 Å². The molecule has 0 rings (SSSR count). The second-order valence-corrected chi connectivity index (χ2v) is 0.283. The van der Waals surface area contributed by atoms with Crippen LogP contribution in [0.15, 0.2) is 0 Å². The summed E-state index contributed by atoms with van der Waals surface area (Å²) < 4.78 is 0. The maximum atomic E-state index is 8.56. The second kappa shape index (κ2) is 16.3. The number of hydrogen-bond donors (Lipinski definition) is 2. The predicted octanol–water partition coefficient (Wildman–Crippen LogP) is -1.79. The summed E-state index contributed by atoms with van der Waals surface area (Å²) in [6, 6.07) is 0. The molecule has 0 aliphatic carbocycles. The van der Waals surface area contributed by atoms with Crippen molar-refractivity contribution in [1.29, 1.82) is 0 Å². The molecule has 1 radical (unpaired) electrons. The molecular weight excluding hydrogens is 167 g/mol. The van der Waals surface area contributed by atoms with Crippen molar-refractivity contribution in [1.82, 2.24) is 0 Å². The van der Waals surface area contributed by atoms with E-state index in [2.05, 4.69) is 0 Å². The van der Waals surface area contributed by atoms with Gasteiger partial charge in [-0.2, -0.15) is 0 Å². The van der Waals surface area contributed by atoms with Crippen molar-refractivity contribution in [2.45, 2.75) is 0 Å². The molecule has 0 unspecified atom stereocenters. The van der Waals surface area contributed by atoms with E-state index < -0.39 is 6.16 Å². The Labute approximate surface area is 61.4 Å². The number of carbonyl (C=O) groups is 1. The van der Waals surface area contributed by atoms with Crippen LogP contribution in [0, 0.1) is 0 Å². The predicted molar refractivity (Wildman–Crippen MR) is 24.2 cm³/mol. The first-order valence-corrected chi connectivity index (χ1v) is 0.651. The first-order chi connectivity index (χ1) is 1.73. The molecule has 7 heavy (non-hydrogen) atoms. The molecule has 6 heteroatoms. The van der Waals surface area contributed by atoms with Crippen LogP contribution in [-0.4, -0.2) is 39.2 Å². The normalized spacial score (nSPS) is 3.43. The zero-order valence-corrected chi connectivity index (χ0v) is 3.55. The van der Waals surface area contributed by atoms with Crippen LogP contribution in [0.25, 0.3) is 0 Å². The van der Waals surface area contributed by atoms with Gasteiger partial charge in [0, 0.05) is 17.1 Å². The van der Waals surface area contributed by atoms with Crippen LogP contribution >= 0.6 is 0 Å². The van der Waals surface area contributed by atoms with E-state index in [1.54, 1.807) is 0 Å². The van der Waals surface area contributed by atoms with E-state index >= 15 is 0 Å². The summed E-state index contributed by atoms with van der Waals surface area (Å²) in [4.78, 5) is 8.56. The first-order valence-electron chi connectivity index (χ1n) is 0.651. The maximum absolute atomic E-state index is 8.56. The Bertz CT molecular complexity index is 34.7. The molecule has 0 aliphatic rings. The van der Waals surface area contributed by atoms with Crippen LogP contribution in [0.3, 0.4) is 0 Å². The molecule has 0 aromatic heterocycles. The molecule has 0 amide bonds. The van der Waals surface area contributed by atoms with Crippen LogP contribution < -0.4 is 0 Å². The smallest absolute Gasteiger partial charge is 0.450 e. The van der Waals surface area contributed by atoms with Crippen molar-refractivity contribution in [2.24, 2.45) is 0 Å². The summed E-state index contributed by atoms with van der Waals surface area (Å²) in [6.45, 7) is 0. The van der Waals surface area contributed by atoms with Crippen molar-refractivity contribution in [3.8, 4) is 0 Å². The van der Waals surface area contributed by atoms with E-state index in [9.17, 15) is 0 Å². The van der Waals surface area contributed by atoms with Gasteiger partial charge < -0.3 is 15.7 Å². The van der Waals surface area contributed by atoms with Crippen LogP contribution in [0.5, 0.6) is 0 Å². The third-order valence-electron chi connectivity index (χ3n) is 0. The fourth-order valence-corrected chi connectivity index (χ4v) is 0. The molecule has 4 N–H and O–H groups in total. The quantitative estimate of drug-likeness (QED) is 0.424. The minimum absolute atomic E-state index is 0. The summed E-state index contributed by atoms with van der Waals surface area (Å²) in [7, 11) is 0. The monoisotopic (exact) mass is 173 g/mol. The van der Waals surface area contributed by atoms with Crippen molar-refractivity contribution in [3.05, 3.63) is 0 Å². The van der Waals surface area contributed by atoms with E-state index in [1.165, 1.54) is 0 Å². The molecule has 0 fully saturated rings. The van der Waals surface area contributed by atoms with E-state index in [-0.39, 0.29) is 39.9 Å². The van der Waals surface area contributed by atoms with Gasteiger partial charge in [0.1, 0.15) is 0 Å². The topological polar surface area (TPSA) is 89.0 Å². The average molecular weight is 174 g/mol. The van der Waals surface area contributed by atoms with Gasteiger partial charge in [-0.05, 0) is 0 Å². The molecule has 0 aromatic carbocycles. The van der Waals surface area contributed by atoms with E-state index in [0.717, 1.165) is 0 Å². The van der Waals surface area contributed by atoms with Gasteiger partial charge >= 0.3 is 6.16 Å². The molecule has 0 spiro atoms. The van der Waals surface area contributed by atoms with Gasteiger partial charge in [0.05, 0.1) is 0 Å². The zero-order chi connectivity index (χ0) is 3.58. The Morgan fingerprint density at radius 1 is 1.29 bits per heavy atom. The molecule has 4 nitrogen and oxygen atoms in total. The van der Waals surface area contributed by atoms with Crippen LogP contribution in [0.2, 0.25) is 0 Å². The second-order valence-electron chi connectivity index (χ2n) is 0.283. The Hall–Kier alpha value is 0.282. The van der Waals surface area contributed by atoms with Crippen LogP contribution in [-0.2, 0) is 17.1 Å². The molecule has 0 saturated carbocycles. The van der Waals surface area contributed by atoms with Gasteiger partial charge in [0.2, 0.25) is 0 Å². The molecule has 0 aromatic rings. The zero-order valence-electron chi connectivity index (χ0n) is 2.60. The van der Waals surface area contributed by atoms with Crippen LogP contribution in [0.1, 0.15) is 0 Å². The first kappa shape index (κ1) is 26.7. The minimum atomic E-state index is -1.83. The summed E-state index contributed by atoms with van der Waals surface area (Å²) in [5.41, 5.74) is 0. The van der Waals surface area contributed by atoms with Crippen molar-refractivity contribution >= 4 is 23.5 Å². The molecule has 0 bridgehead atoms. The van der Waals surface area contributed by atoms with Crippen LogP contribution in [0.4, 0.5) is 4.79 Å². The van der Waals surface area contributed by atoms with Gasteiger partial charge in [0.25, 0.3) is 0 Å². The van der Waals surface area contributed by atoms with E-state index in [4.69, 9.17) is 15.0 Å². The molecule has 0 heterocycles. The van der Waals surface area contributed by atoms with E-state index in [0.29, 0.717) is 0 Å². The van der Waals surface area contributed by atoms with Gasteiger partial charge in [-0.15, -0.1) is 0 Å². The van der Waals surface area contributed by atoms with Gasteiger partial charge in [-0.3, -0.25) is 0 Å². The molecular formula is CH7AlCuO4. The summed E-state index contributed by atoms with van der Waals surface area (Å²) in [5, 5.41) is 13.9. The fourth-order valence-electron chi connectivity index (χ4n) is 0. The molecule has 0 atom stereocenters. The van der Waals surface area contributed by atoms with Gasteiger partial charge in [0.15, 0.2) is 17.4 Å². The Morgan fingerprint density at radius 2 is 1.29 bits per heavy atom. The fraction of sp³-hybridized carbons (Fsp3) is 0. The Morgan fingerprint density at radius 3 is 1.29 bits per heavy atom. The largest absolute Gasteiger partial charge is 0.503 e. The number of hydrogen-bond acceptors (Lipinski definition) is 1. The van der Waals surface area contributed by atoms with Gasteiger partial charge in [-0.1, -0.05) is 0 Å². The number of carboxylic acid groups (broad SMARTS) is 2. The maximum Gasteiger partial charge on any atom is 0.503 e. The molecule has 0 saturated heterocycles. The van der Waals surface area contributed by atoms with Gasteiger partial charge in [-0.25, -0.2) is 4.79 Å². The van der Waals surface area contributed by atoms with Crippen molar-refractivity contribution in [2.75, 3.05) is 0 Å². The number of rotatable bonds is 0. The minimum Gasteiger partial charge on any atom is -0.450 e.